The second-order valence-electron chi connectivity index (χ2n) is 10.9. The third kappa shape index (κ3) is 28.7. The zero-order valence-corrected chi connectivity index (χ0v) is 26.3. The predicted octanol–water partition coefficient (Wildman–Crippen LogP) is 9.17. The van der Waals surface area contributed by atoms with E-state index in [1.807, 2.05) is 0 Å². The van der Waals surface area contributed by atoms with Crippen LogP contribution in [0, 0.1) is 20.2 Å². The summed E-state index contributed by atoms with van der Waals surface area (Å²) < 4.78 is 0. The Hall–Kier alpha value is -2.78. The summed E-state index contributed by atoms with van der Waals surface area (Å²) in [5, 5.41) is 38.3. The smallest absolute Gasteiger partial charge is 0.379 e. The molecule has 2 atom stereocenters. The van der Waals surface area contributed by atoms with E-state index in [0.717, 1.165) is 64.2 Å². The van der Waals surface area contributed by atoms with Gasteiger partial charge in [0.1, 0.15) is 0 Å². The first-order valence-electron chi connectivity index (χ1n) is 16.2. The summed E-state index contributed by atoms with van der Waals surface area (Å²) in [6, 6.07) is -2.87. The number of hydrogen-bond donors (Lipinski definition) is 2. The zero-order valence-electron chi connectivity index (χ0n) is 26.3. The highest BCUT2D eigenvalue weighted by atomic mass is 16.6. The zero-order chi connectivity index (χ0) is 31.8. The molecule has 2 N–H and O–H groups in total. The van der Waals surface area contributed by atoms with Crippen molar-refractivity contribution in [3.05, 3.63) is 44.5 Å². The molecule has 0 aliphatic carbocycles. The lowest BCUT2D eigenvalue weighted by Crippen LogP contribution is -2.28. The number of nitrogens with zero attached hydrogens (tertiary/aromatic N) is 2. The Kier molecular flexibility index (Phi) is 30.7. The Morgan fingerprint density at radius 1 is 0.524 bits per heavy atom. The van der Waals surface area contributed by atoms with Gasteiger partial charge < -0.3 is 10.2 Å². The second-order valence-corrected chi connectivity index (χ2v) is 10.9. The Bertz CT molecular complexity index is 665. The van der Waals surface area contributed by atoms with Crippen molar-refractivity contribution in [1.29, 1.82) is 0 Å². The molecule has 42 heavy (non-hydrogen) atoms. The Balaban J connectivity index is 0. The molecule has 10 heteroatoms. The van der Waals surface area contributed by atoms with E-state index in [1.165, 1.54) is 51.4 Å². The van der Waals surface area contributed by atoms with Crippen molar-refractivity contribution in [3.63, 3.8) is 0 Å². The monoisotopic (exact) mass is 598 g/mol. The van der Waals surface area contributed by atoms with E-state index < -0.39 is 33.9 Å². The first-order chi connectivity index (χ1) is 20.2. The van der Waals surface area contributed by atoms with E-state index >= 15 is 0 Å². The lowest BCUT2D eigenvalue weighted by molar-refractivity contribution is -0.511. The van der Waals surface area contributed by atoms with Crippen molar-refractivity contribution in [3.8, 4) is 0 Å². The summed E-state index contributed by atoms with van der Waals surface area (Å²) in [7, 11) is 0. The molecular weight excluding hydrogens is 540 g/mol. The summed E-state index contributed by atoms with van der Waals surface area (Å²) in [5.74, 6) is -2.66. The highest BCUT2D eigenvalue weighted by Crippen LogP contribution is 2.12. The van der Waals surface area contributed by atoms with Gasteiger partial charge in [-0.3, -0.25) is 20.2 Å². The van der Waals surface area contributed by atoms with E-state index in [4.69, 9.17) is 10.2 Å². The number of aliphatic carboxylic acids is 2. The minimum atomic E-state index is -1.44. The van der Waals surface area contributed by atoms with Gasteiger partial charge in [0.2, 0.25) is 0 Å². The van der Waals surface area contributed by atoms with Gasteiger partial charge >= 0.3 is 24.0 Å². The average molecular weight is 599 g/mol. The number of nitro groups is 2. The first-order valence-corrected chi connectivity index (χ1v) is 16.2. The van der Waals surface area contributed by atoms with Gasteiger partial charge in [-0.05, 0) is 64.2 Å². The van der Waals surface area contributed by atoms with E-state index in [2.05, 4.69) is 38.2 Å². The molecule has 0 spiro atoms. The molecule has 0 aliphatic heterocycles. The van der Waals surface area contributed by atoms with Crippen molar-refractivity contribution in [2.75, 3.05) is 0 Å². The maximum atomic E-state index is 10.6. The third-order valence-electron chi connectivity index (χ3n) is 7.06. The van der Waals surface area contributed by atoms with Crippen molar-refractivity contribution in [2.24, 2.45) is 0 Å². The summed E-state index contributed by atoms with van der Waals surface area (Å²) in [6.45, 7) is 4.42. The van der Waals surface area contributed by atoms with Gasteiger partial charge in [-0.15, -0.1) is 0 Å². The lowest BCUT2D eigenvalue weighted by atomic mass is 10.1. The topological polar surface area (TPSA) is 161 Å². The third-order valence-corrected chi connectivity index (χ3v) is 7.06. The van der Waals surface area contributed by atoms with Crippen LogP contribution in [0.1, 0.15) is 155 Å². The van der Waals surface area contributed by atoms with Gasteiger partial charge in [0, 0.05) is 22.7 Å². The molecule has 0 saturated heterocycles. The molecule has 244 valence electrons. The highest BCUT2D eigenvalue weighted by Gasteiger charge is 2.28. The molecule has 0 saturated carbocycles. The van der Waals surface area contributed by atoms with Gasteiger partial charge in [0.05, 0.1) is 0 Å². The van der Waals surface area contributed by atoms with Crippen LogP contribution >= 0.6 is 0 Å². The van der Waals surface area contributed by atoms with Gasteiger partial charge in [0.15, 0.2) is 0 Å². The van der Waals surface area contributed by atoms with Gasteiger partial charge in [-0.2, -0.15) is 0 Å². The van der Waals surface area contributed by atoms with Crippen LogP contribution in [-0.2, 0) is 9.59 Å². The van der Waals surface area contributed by atoms with Crippen LogP contribution in [0.4, 0.5) is 0 Å². The number of hydrogen-bond acceptors (Lipinski definition) is 6. The standard InChI is InChI=1S/2C16H29NO4/c2*1-2-3-4-5-6-7-8-9-10-11-12-13-14-15(16(18)19)17(20)21/h2*7-8,15H,2-6,9-14H2,1H3,(H,18,19)/b2*8-7-. The maximum Gasteiger partial charge on any atom is 0.379 e. The normalized spacial score (nSPS) is 12.6. The Labute approximate surface area is 253 Å². The van der Waals surface area contributed by atoms with Crippen LogP contribution in [0.3, 0.4) is 0 Å². The summed E-state index contributed by atoms with van der Waals surface area (Å²) >= 11 is 0. The minimum Gasteiger partial charge on any atom is -0.476 e. The SMILES string of the molecule is CCCCCC/C=C\CCCCCCC(C(=O)O)[N+](=O)[O-].CCCCCC/C=C\CCCCCCC(C(=O)O)[N+](=O)[O-]. The quantitative estimate of drug-likeness (QED) is 0.0390. The Morgan fingerprint density at radius 3 is 1.02 bits per heavy atom. The highest BCUT2D eigenvalue weighted by molar-refractivity contribution is 5.72. The molecule has 0 radical (unpaired) electrons. The molecular formula is C32H58N2O8. The number of carboxylic acids is 2. The molecule has 0 heterocycles. The lowest BCUT2D eigenvalue weighted by Gasteiger charge is -2.04. The number of rotatable bonds is 28. The molecule has 0 aromatic carbocycles. The molecule has 0 amide bonds. The van der Waals surface area contributed by atoms with E-state index in [9.17, 15) is 29.8 Å². The van der Waals surface area contributed by atoms with E-state index in [0.29, 0.717) is 12.8 Å². The largest absolute Gasteiger partial charge is 0.476 e. The maximum absolute atomic E-state index is 10.6. The number of allylic oxidation sites excluding steroid dienone is 4. The Morgan fingerprint density at radius 2 is 0.786 bits per heavy atom. The fraction of sp³-hybridized carbons (Fsp3) is 0.812. The summed E-state index contributed by atoms with van der Waals surface area (Å²) in [4.78, 5) is 40.8. The number of unbranched alkanes of at least 4 members (excludes halogenated alkanes) is 16. The van der Waals surface area contributed by atoms with Gasteiger partial charge in [-0.25, -0.2) is 9.59 Å². The summed E-state index contributed by atoms with van der Waals surface area (Å²) in [5.41, 5.74) is 0. The second kappa shape index (κ2) is 31.2. The molecule has 0 aromatic heterocycles. The molecule has 0 rings (SSSR count). The van der Waals surface area contributed by atoms with Crippen LogP contribution in [0.25, 0.3) is 0 Å². The fourth-order valence-electron chi connectivity index (χ4n) is 4.39. The average Bonchev–Trinajstić information content (AvgIpc) is 2.93. The molecule has 2 unspecified atom stereocenters. The van der Waals surface area contributed by atoms with Crippen molar-refractivity contribution in [2.45, 2.75) is 167 Å². The molecule has 0 fully saturated rings. The van der Waals surface area contributed by atoms with Crippen LogP contribution < -0.4 is 0 Å². The van der Waals surface area contributed by atoms with Crippen molar-refractivity contribution >= 4 is 11.9 Å². The van der Waals surface area contributed by atoms with Crippen LogP contribution in [0.2, 0.25) is 0 Å². The summed E-state index contributed by atoms with van der Waals surface area (Å²) in [6.07, 6.45) is 31.0. The minimum absolute atomic E-state index is 0.135. The van der Waals surface area contributed by atoms with Crippen molar-refractivity contribution < 1.29 is 29.6 Å². The van der Waals surface area contributed by atoms with Crippen LogP contribution in [0.5, 0.6) is 0 Å². The predicted molar refractivity (Wildman–Crippen MR) is 168 cm³/mol. The van der Waals surface area contributed by atoms with E-state index in [1.54, 1.807) is 0 Å². The van der Waals surface area contributed by atoms with E-state index in [-0.39, 0.29) is 12.8 Å². The number of carbonyl (C=O) groups is 2. The van der Waals surface area contributed by atoms with Gasteiger partial charge in [0.25, 0.3) is 0 Å². The molecule has 0 aliphatic rings. The van der Waals surface area contributed by atoms with Crippen LogP contribution in [0.15, 0.2) is 24.3 Å². The number of carboxylic acid groups (broad SMARTS) is 2. The fourth-order valence-corrected chi connectivity index (χ4v) is 4.39. The van der Waals surface area contributed by atoms with Gasteiger partial charge in [-0.1, -0.05) is 102 Å². The van der Waals surface area contributed by atoms with Crippen LogP contribution in [-0.4, -0.2) is 44.1 Å². The van der Waals surface area contributed by atoms with Crippen molar-refractivity contribution in [1.82, 2.24) is 0 Å². The molecule has 0 aromatic rings. The first kappa shape index (κ1) is 41.4. The molecule has 10 nitrogen and oxygen atoms in total. The molecule has 0 bridgehead atoms.